The van der Waals surface area contributed by atoms with Crippen molar-refractivity contribution in [2.45, 2.75) is 13.3 Å². The summed E-state index contributed by atoms with van der Waals surface area (Å²) < 4.78 is 1.65. The van der Waals surface area contributed by atoms with Gasteiger partial charge in [-0.3, -0.25) is 0 Å². The lowest BCUT2D eigenvalue weighted by molar-refractivity contribution is 0.863. The van der Waals surface area contributed by atoms with Gasteiger partial charge in [-0.1, -0.05) is 29.3 Å². The quantitative estimate of drug-likeness (QED) is 0.834. The van der Waals surface area contributed by atoms with Gasteiger partial charge < -0.3 is 0 Å². The molecular formula is C12H9Cl2N3. The standard InChI is InChI=1S/C12H9Cl2N3/c1-8-9(5-6-15)7-17(16-8)11-4-2-3-10(13)12(11)14/h2-4,7H,5H2,1H3. The second kappa shape index (κ2) is 4.79. The predicted octanol–water partition coefficient (Wildman–Crippen LogP) is 3.55. The second-order valence-electron chi connectivity index (χ2n) is 3.59. The molecule has 0 fully saturated rings. The second-order valence-corrected chi connectivity index (χ2v) is 4.38. The number of benzene rings is 1. The molecule has 0 aliphatic heterocycles. The summed E-state index contributed by atoms with van der Waals surface area (Å²) in [6, 6.07) is 7.47. The summed E-state index contributed by atoms with van der Waals surface area (Å²) in [7, 11) is 0. The summed E-state index contributed by atoms with van der Waals surface area (Å²) in [5.74, 6) is 0. The number of hydrogen-bond donors (Lipinski definition) is 0. The number of hydrogen-bond acceptors (Lipinski definition) is 2. The highest BCUT2D eigenvalue weighted by Gasteiger charge is 2.10. The van der Waals surface area contributed by atoms with Crippen LogP contribution in [0.1, 0.15) is 11.3 Å². The number of halogens is 2. The van der Waals surface area contributed by atoms with Gasteiger partial charge in [0.05, 0.1) is 33.9 Å². The van der Waals surface area contributed by atoms with Crippen LogP contribution in [-0.2, 0) is 6.42 Å². The normalized spacial score (nSPS) is 10.2. The molecule has 5 heteroatoms. The Labute approximate surface area is 109 Å². The SMILES string of the molecule is Cc1nn(-c2cccc(Cl)c2Cl)cc1CC#N. The van der Waals surface area contributed by atoms with E-state index < -0.39 is 0 Å². The zero-order valence-corrected chi connectivity index (χ0v) is 10.6. The average molecular weight is 266 g/mol. The average Bonchev–Trinajstić information content (AvgIpc) is 2.65. The van der Waals surface area contributed by atoms with Crippen molar-refractivity contribution in [3.8, 4) is 11.8 Å². The van der Waals surface area contributed by atoms with Crippen molar-refractivity contribution in [1.82, 2.24) is 9.78 Å². The molecule has 0 atom stereocenters. The minimum Gasteiger partial charge on any atom is -0.239 e. The van der Waals surface area contributed by atoms with Gasteiger partial charge >= 0.3 is 0 Å². The van der Waals surface area contributed by atoms with Gasteiger partial charge in [0.2, 0.25) is 0 Å². The van der Waals surface area contributed by atoms with Crippen LogP contribution in [-0.4, -0.2) is 9.78 Å². The van der Waals surface area contributed by atoms with E-state index in [1.807, 2.05) is 19.1 Å². The number of aryl methyl sites for hydroxylation is 1. The van der Waals surface area contributed by atoms with E-state index in [9.17, 15) is 0 Å². The van der Waals surface area contributed by atoms with E-state index in [-0.39, 0.29) is 0 Å². The van der Waals surface area contributed by atoms with Crippen LogP contribution in [0.5, 0.6) is 0 Å². The maximum atomic E-state index is 8.69. The third kappa shape index (κ3) is 2.28. The molecule has 0 unspecified atom stereocenters. The Hall–Kier alpha value is -1.50. The Morgan fingerprint density at radius 3 is 2.88 bits per heavy atom. The summed E-state index contributed by atoms with van der Waals surface area (Å²) in [4.78, 5) is 0. The lowest BCUT2D eigenvalue weighted by Gasteiger charge is -2.04. The molecule has 0 bridgehead atoms. The van der Waals surface area contributed by atoms with Gasteiger partial charge in [0.15, 0.2) is 0 Å². The fraction of sp³-hybridized carbons (Fsp3) is 0.167. The maximum absolute atomic E-state index is 8.69. The molecule has 3 nitrogen and oxygen atoms in total. The molecular weight excluding hydrogens is 257 g/mol. The van der Waals surface area contributed by atoms with Crippen molar-refractivity contribution < 1.29 is 0 Å². The van der Waals surface area contributed by atoms with Crippen LogP contribution in [0.15, 0.2) is 24.4 Å². The Bertz CT molecular complexity index is 596. The van der Waals surface area contributed by atoms with E-state index in [0.717, 1.165) is 11.3 Å². The number of aromatic nitrogens is 2. The molecule has 0 saturated heterocycles. The highest BCUT2D eigenvalue weighted by Crippen LogP contribution is 2.28. The minimum absolute atomic E-state index is 0.337. The molecule has 86 valence electrons. The van der Waals surface area contributed by atoms with E-state index in [2.05, 4.69) is 11.2 Å². The molecule has 0 spiro atoms. The van der Waals surface area contributed by atoms with E-state index in [4.69, 9.17) is 28.5 Å². The van der Waals surface area contributed by atoms with Crippen LogP contribution in [0, 0.1) is 18.3 Å². The lowest BCUT2D eigenvalue weighted by Crippen LogP contribution is -1.95. The van der Waals surface area contributed by atoms with Crippen LogP contribution < -0.4 is 0 Å². The van der Waals surface area contributed by atoms with Gasteiger partial charge in [0.25, 0.3) is 0 Å². The van der Waals surface area contributed by atoms with Crippen LogP contribution in [0.2, 0.25) is 10.0 Å². The Morgan fingerprint density at radius 1 is 1.41 bits per heavy atom. The van der Waals surface area contributed by atoms with Crippen molar-refractivity contribution in [2.75, 3.05) is 0 Å². The van der Waals surface area contributed by atoms with Crippen LogP contribution in [0.4, 0.5) is 0 Å². The zero-order chi connectivity index (χ0) is 12.4. The Kier molecular flexibility index (Phi) is 3.37. The van der Waals surface area contributed by atoms with Gasteiger partial charge in [-0.15, -0.1) is 0 Å². The Balaban J connectivity index is 2.51. The van der Waals surface area contributed by atoms with E-state index in [1.165, 1.54) is 0 Å². The van der Waals surface area contributed by atoms with Gasteiger partial charge in [0, 0.05) is 11.8 Å². The third-order valence-electron chi connectivity index (χ3n) is 2.45. The molecule has 0 N–H and O–H groups in total. The first kappa shape index (κ1) is 12.0. The van der Waals surface area contributed by atoms with Gasteiger partial charge in [0.1, 0.15) is 0 Å². The van der Waals surface area contributed by atoms with Crippen LogP contribution in [0.25, 0.3) is 5.69 Å². The lowest BCUT2D eigenvalue weighted by atomic mass is 10.2. The summed E-state index contributed by atoms with van der Waals surface area (Å²) in [6.45, 7) is 1.86. The van der Waals surface area contributed by atoms with Gasteiger partial charge in [-0.2, -0.15) is 10.4 Å². The van der Waals surface area contributed by atoms with Gasteiger partial charge in [-0.25, -0.2) is 4.68 Å². The van der Waals surface area contributed by atoms with Crippen molar-refractivity contribution in [3.63, 3.8) is 0 Å². The molecule has 0 aliphatic rings. The molecule has 0 saturated carbocycles. The first-order chi connectivity index (χ1) is 8.13. The summed E-state index contributed by atoms with van der Waals surface area (Å²) in [5, 5.41) is 14.0. The Morgan fingerprint density at radius 2 is 2.18 bits per heavy atom. The number of nitrogens with zero attached hydrogens (tertiary/aromatic N) is 3. The molecule has 1 heterocycles. The smallest absolute Gasteiger partial charge is 0.0849 e. The predicted molar refractivity (Wildman–Crippen MR) is 67.6 cm³/mol. The maximum Gasteiger partial charge on any atom is 0.0849 e. The first-order valence-electron chi connectivity index (χ1n) is 5.00. The van der Waals surface area contributed by atoms with E-state index in [0.29, 0.717) is 22.2 Å². The summed E-state index contributed by atoms with van der Waals surface area (Å²) >= 11 is 12.1. The molecule has 2 rings (SSSR count). The number of nitriles is 1. The molecule has 0 aliphatic carbocycles. The molecule has 1 aromatic heterocycles. The monoisotopic (exact) mass is 265 g/mol. The fourth-order valence-corrected chi connectivity index (χ4v) is 1.93. The highest BCUT2D eigenvalue weighted by molar-refractivity contribution is 6.43. The van der Waals surface area contributed by atoms with Crippen LogP contribution >= 0.6 is 23.2 Å². The molecule has 2 aromatic rings. The van der Waals surface area contributed by atoms with Crippen molar-refractivity contribution in [1.29, 1.82) is 5.26 Å². The van der Waals surface area contributed by atoms with E-state index >= 15 is 0 Å². The molecule has 0 amide bonds. The van der Waals surface area contributed by atoms with Gasteiger partial charge in [-0.05, 0) is 19.1 Å². The first-order valence-corrected chi connectivity index (χ1v) is 5.75. The molecule has 0 radical (unpaired) electrons. The summed E-state index contributed by atoms with van der Waals surface area (Å²) in [6.07, 6.45) is 2.14. The van der Waals surface area contributed by atoms with E-state index in [1.54, 1.807) is 16.9 Å². The fourth-order valence-electron chi connectivity index (χ4n) is 1.55. The third-order valence-corrected chi connectivity index (χ3v) is 3.26. The zero-order valence-electron chi connectivity index (χ0n) is 9.11. The van der Waals surface area contributed by atoms with Crippen molar-refractivity contribution in [3.05, 3.63) is 45.7 Å². The van der Waals surface area contributed by atoms with Crippen molar-refractivity contribution in [2.24, 2.45) is 0 Å². The summed E-state index contributed by atoms with van der Waals surface area (Å²) in [5.41, 5.74) is 2.43. The van der Waals surface area contributed by atoms with Crippen molar-refractivity contribution >= 4 is 23.2 Å². The minimum atomic E-state index is 0.337. The molecule has 17 heavy (non-hydrogen) atoms. The topological polar surface area (TPSA) is 41.6 Å². The number of rotatable bonds is 2. The largest absolute Gasteiger partial charge is 0.239 e. The molecule has 1 aromatic carbocycles. The van der Waals surface area contributed by atoms with Crippen LogP contribution in [0.3, 0.4) is 0 Å². The highest BCUT2D eigenvalue weighted by atomic mass is 35.5.